The molecule has 0 saturated carbocycles. The maximum atomic E-state index is 13.8. The molecule has 0 spiro atoms. The molecule has 1 saturated heterocycles. The van der Waals surface area contributed by atoms with Crippen molar-refractivity contribution in [3.8, 4) is 17.2 Å². The second kappa shape index (κ2) is 16.4. The van der Waals surface area contributed by atoms with Crippen LogP contribution in [-0.4, -0.2) is 47.3 Å². The number of carbonyl (C=O) groups is 2. The van der Waals surface area contributed by atoms with Crippen molar-refractivity contribution in [2.24, 2.45) is 5.92 Å². The molecule has 5 rings (SSSR count). The zero-order valence-corrected chi connectivity index (χ0v) is 29.7. The van der Waals surface area contributed by atoms with Crippen LogP contribution in [0.3, 0.4) is 0 Å². The maximum Gasteiger partial charge on any atom is 0.301 e. The highest BCUT2D eigenvalue weighted by Gasteiger charge is 2.48. The van der Waals surface area contributed by atoms with Gasteiger partial charge in [-0.2, -0.15) is 0 Å². The van der Waals surface area contributed by atoms with Crippen molar-refractivity contribution in [3.05, 3.63) is 94.0 Å². The SMILES string of the molecule is CCCCOc1ccc(C(O)=C2C(=O)C(=O)N(c3nnc(SCc4ccccc4Cl)s3)C2c2ccc(OCCC(C)C)c(OC)c2)cc1. The number of thioether (sulfide) groups is 1. The monoisotopic (exact) mass is 707 g/mol. The molecule has 1 unspecified atom stereocenters. The fraction of sp³-hybridized carbons (Fsp3) is 0.333. The molecule has 9 nitrogen and oxygen atoms in total. The first-order chi connectivity index (χ1) is 23.2. The van der Waals surface area contributed by atoms with E-state index in [0.717, 1.165) is 24.8 Å². The minimum atomic E-state index is -1.02. The Morgan fingerprint density at radius 3 is 2.50 bits per heavy atom. The van der Waals surface area contributed by atoms with Crippen LogP contribution < -0.4 is 19.1 Å². The fourth-order valence-corrected chi connectivity index (χ4v) is 7.19. The summed E-state index contributed by atoms with van der Waals surface area (Å²) in [6.45, 7) is 7.40. The average molecular weight is 708 g/mol. The van der Waals surface area contributed by atoms with Crippen molar-refractivity contribution in [3.63, 3.8) is 0 Å². The van der Waals surface area contributed by atoms with E-state index in [0.29, 0.717) is 62.6 Å². The molecule has 1 N–H and O–H groups in total. The first-order valence-electron chi connectivity index (χ1n) is 15.8. The Kier molecular flexibility index (Phi) is 12.0. The number of hydrogen-bond donors (Lipinski definition) is 1. The number of hydrogen-bond acceptors (Lipinski definition) is 10. The van der Waals surface area contributed by atoms with Gasteiger partial charge in [0.1, 0.15) is 11.5 Å². The van der Waals surface area contributed by atoms with Gasteiger partial charge in [-0.05, 0) is 72.4 Å². The molecule has 0 bridgehead atoms. The van der Waals surface area contributed by atoms with E-state index in [-0.39, 0.29) is 16.5 Å². The maximum absolute atomic E-state index is 13.8. The molecule has 1 atom stereocenters. The van der Waals surface area contributed by atoms with E-state index in [9.17, 15) is 14.7 Å². The third-order valence-electron chi connectivity index (χ3n) is 7.71. The summed E-state index contributed by atoms with van der Waals surface area (Å²) in [4.78, 5) is 28.8. The second-order valence-electron chi connectivity index (χ2n) is 11.6. The molecule has 0 aliphatic carbocycles. The van der Waals surface area contributed by atoms with Gasteiger partial charge in [0.15, 0.2) is 15.8 Å². The zero-order chi connectivity index (χ0) is 34.2. The number of aromatic nitrogens is 2. The first kappa shape index (κ1) is 35.3. The molecular formula is C36H38ClN3O6S2. The number of carbonyl (C=O) groups excluding carboxylic acids is 2. The molecule has 0 radical (unpaired) electrons. The highest BCUT2D eigenvalue weighted by Crippen LogP contribution is 2.46. The number of aliphatic hydroxyl groups is 1. The summed E-state index contributed by atoms with van der Waals surface area (Å²) in [5.74, 6) is 0.653. The summed E-state index contributed by atoms with van der Waals surface area (Å²) in [6.07, 6.45) is 2.79. The average Bonchev–Trinajstić information content (AvgIpc) is 3.66. The van der Waals surface area contributed by atoms with Gasteiger partial charge in [-0.3, -0.25) is 14.5 Å². The van der Waals surface area contributed by atoms with Crippen LogP contribution in [-0.2, 0) is 15.3 Å². The van der Waals surface area contributed by atoms with Crippen molar-refractivity contribution in [1.29, 1.82) is 0 Å². The van der Waals surface area contributed by atoms with Gasteiger partial charge in [-0.25, -0.2) is 0 Å². The van der Waals surface area contributed by atoms with Crippen LogP contribution >= 0.6 is 34.7 Å². The van der Waals surface area contributed by atoms with E-state index in [2.05, 4.69) is 31.0 Å². The number of rotatable bonds is 15. The zero-order valence-electron chi connectivity index (χ0n) is 27.3. The minimum absolute atomic E-state index is 0.0735. The largest absolute Gasteiger partial charge is 0.507 e. The molecule has 1 aromatic heterocycles. The topological polar surface area (TPSA) is 111 Å². The van der Waals surface area contributed by atoms with Crippen molar-refractivity contribution >= 4 is 57.3 Å². The number of amides is 1. The van der Waals surface area contributed by atoms with Crippen LogP contribution in [0.25, 0.3) is 5.76 Å². The van der Waals surface area contributed by atoms with Crippen LogP contribution in [0.2, 0.25) is 5.02 Å². The van der Waals surface area contributed by atoms with Gasteiger partial charge >= 0.3 is 5.91 Å². The summed E-state index contributed by atoms with van der Waals surface area (Å²) >= 11 is 8.95. The summed E-state index contributed by atoms with van der Waals surface area (Å²) in [5.41, 5.74) is 1.76. The molecular weight excluding hydrogens is 670 g/mol. The van der Waals surface area contributed by atoms with Gasteiger partial charge in [0.25, 0.3) is 5.78 Å². The lowest BCUT2D eigenvalue weighted by Gasteiger charge is -2.23. The van der Waals surface area contributed by atoms with E-state index in [4.69, 9.17) is 25.8 Å². The summed E-state index contributed by atoms with van der Waals surface area (Å²) < 4.78 is 18.0. The lowest BCUT2D eigenvalue weighted by Crippen LogP contribution is -2.29. The van der Waals surface area contributed by atoms with Gasteiger partial charge in [0, 0.05) is 16.3 Å². The lowest BCUT2D eigenvalue weighted by molar-refractivity contribution is -0.132. The number of aliphatic hydroxyl groups excluding tert-OH is 1. The third-order valence-corrected chi connectivity index (χ3v) is 10.2. The molecule has 1 amide bonds. The van der Waals surface area contributed by atoms with E-state index >= 15 is 0 Å². The predicted octanol–water partition coefficient (Wildman–Crippen LogP) is 8.72. The van der Waals surface area contributed by atoms with E-state index in [1.165, 1.54) is 35.1 Å². The number of unbranched alkanes of at least 4 members (excludes halogenated alkanes) is 1. The lowest BCUT2D eigenvalue weighted by atomic mass is 9.95. The molecule has 1 aliphatic rings. The number of anilines is 1. The van der Waals surface area contributed by atoms with E-state index in [1.807, 2.05) is 24.3 Å². The summed E-state index contributed by atoms with van der Waals surface area (Å²) in [5, 5.41) is 21.1. The highest BCUT2D eigenvalue weighted by atomic mass is 35.5. The van der Waals surface area contributed by atoms with Gasteiger partial charge in [-0.1, -0.05) is 86.2 Å². The fourth-order valence-electron chi connectivity index (χ4n) is 5.04. The third kappa shape index (κ3) is 8.14. The second-order valence-corrected chi connectivity index (χ2v) is 14.2. The molecule has 3 aromatic carbocycles. The molecule has 2 heterocycles. The number of benzene rings is 3. The number of nitrogens with zero attached hydrogens (tertiary/aromatic N) is 3. The van der Waals surface area contributed by atoms with Gasteiger partial charge in [0.05, 0.1) is 31.9 Å². The number of ether oxygens (including phenoxy) is 3. The Morgan fingerprint density at radius 1 is 1.02 bits per heavy atom. The molecule has 1 fully saturated rings. The van der Waals surface area contributed by atoms with Crippen molar-refractivity contribution < 1.29 is 28.9 Å². The smallest absolute Gasteiger partial charge is 0.301 e. The normalized spacial score (nSPS) is 15.7. The van der Waals surface area contributed by atoms with Crippen molar-refractivity contribution in [2.45, 2.75) is 56.2 Å². The van der Waals surface area contributed by atoms with Gasteiger partial charge in [-0.15, -0.1) is 10.2 Å². The van der Waals surface area contributed by atoms with Crippen LogP contribution in [0.1, 0.15) is 62.8 Å². The van der Waals surface area contributed by atoms with E-state index < -0.39 is 17.7 Å². The number of halogens is 1. The Bertz CT molecular complexity index is 1780. The quantitative estimate of drug-likeness (QED) is 0.0324. The van der Waals surface area contributed by atoms with Gasteiger partial charge in [0.2, 0.25) is 5.13 Å². The number of Topliss-reactive ketones (excluding diaryl/α,β-unsaturated/α-hetero) is 1. The van der Waals surface area contributed by atoms with Crippen molar-refractivity contribution in [1.82, 2.24) is 10.2 Å². The standard InChI is InChI=1S/C36H38ClN3O6S2/c1-5-6-18-45-26-14-11-23(12-15-26)32(41)30-31(24-13-16-28(29(20-24)44-4)46-19-17-22(2)3)40(34(43)33(30)42)35-38-39-36(48-35)47-21-25-9-7-8-10-27(25)37/h7-16,20,22,31,41H,5-6,17-19,21H2,1-4H3. The number of methoxy groups -OCH3 is 1. The Labute approximate surface area is 293 Å². The Morgan fingerprint density at radius 2 is 1.79 bits per heavy atom. The first-order valence-corrected chi connectivity index (χ1v) is 17.9. The van der Waals surface area contributed by atoms with Crippen LogP contribution in [0.5, 0.6) is 17.2 Å². The molecule has 4 aromatic rings. The summed E-state index contributed by atoms with van der Waals surface area (Å²) in [6, 6.07) is 18.6. The predicted molar refractivity (Wildman–Crippen MR) is 190 cm³/mol. The Balaban J connectivity index is 1.53. The molecule has 1 aliphatic heterocycles. The van der Waals surface area contributed by atoms with Crippen LogP contribution in [0.15, 0.2) is 76.6 Å². The minimum Gasteiger partial charge on any atom is -0.507 e. The van der Waals surface area contributed by atoms with Crippen LogP contribution in [0.4, 0.5) is 5.13 Å². The molecule has 252 valence electrons. The highest BCUT2D eigenvalue weighted by molar-refractivity contribution is 8.00. The summed E-state index contributed by atoms with van der Waals surface area (Å²) in [7, 11) is 1.53. The number of ketones is 1. The van der Waals surface area contributed by atoms with E-state index in [1.54, 1.807) is 42.5 Å². The Hall–Kier alpha value is -4.06. The molecule has 48 heavy (non-hydrogen) atoms. The van der Waals surface area contributed by atoms with Gasteiger partial charge < -0.3 is 19.3 Å². The van der Waals surface area contributed by atoms with Crippen LogP contribution in [0, 0.1) is 5.92 Å². The molecule has 12 heteroatoms. The van der Waals surface area contributed by atoms with Crippen molar-refractivity contribution in [2.75, 3.05) is 25.2 Å².